The van der Waals surface area contributed by atoms with Crippen molar-refractivity contribution in [2.45, 2.75) is 31.4 Å². The van der Waals surface area contributed by atoms with Crippen LogP contribution in [0, 0.1) is 11.6 Å². The zero-order chi connectivity index (χ0) is 14.7. The molecule has 1 aromatic carbocycles. The van der Waals surface area contributed by atoms with Gasteiger partial charge in [-0.05, 0) is 19.3 Å². The van der Waals surface area contributed by atoms with Gasteiger partial charge in [-0.2, -0.15) is 0 Å². The van der Waals surface area contributed by atoms with Crippen LogP contribution in [0.15, 0.2) is 12.1 Å². The average molecular weight is 286 g/mol. The maximum Gasteiger partial charge on any atom is 0.319 e. The van der Waals surface area contributed by atoms with Crippen LogP contribution in [-0.4, -0.2) is 30.4 Å². The molecule has 0 bridgehead atoms. The first-order valence-electron chi connectivity index (χ1n) is 6.30. The van der Waals surface area contributed by atoms with Crippen molar-refractivity contribution in [3.63, 3.8) is 0 Å². The van der Waals surface area contributed by atoms with E-state index in [0.29, 0.717) is 12.8 Å². The molecule has 1 aromatic rings. The zero-order valence-corrected chi connectivity index (χ0v) is 11.0. The van der Waals surface area contributed by atoms with E-state index in [1.165, 1.54) is 7.11 Å². The molecular formula is C13H16F2N2O3. The molecule has 0 radical (unpaired) electrons. The maximum absolute atomic E-state index is 13.6. The quantitative estimate of drug-likeness (QED) is 0.796. The number of halogens is 2. The summed E-state index contributed by atoms with van der Waals surface area (Å²) in [6.07, 6.45) is 1.50. The Labute approximate surface area is 114 Å². The van der Waals surface area contributed by atoms with E-state index in [1.54, 1.807) is 0 Å². The van der Waals surface area contributed by atoms with E-state index in [1.807, 2.05) is 0 Å². The summed E-state index contributed by atoms with van der Waals surface area (Å²) in [5.41, 5.74) is -0.284. The molecule has 5 nitrogen and oxygen atoms in total. The van der Waals surface area contributed by atoms with Gasteiger partial charge in [0.15, 0.2) is 17.4 Å². The van der Waals surface area contributed by atoms with Gasteiger partial charge < -0.3 is 20.5 Å². The first kappa shape index (κ1) is 14.5. The molecule has 0 unspecified atom stereocenters. The second kappa shape index (κ2) is 6.04. The third kappa shape index (κ3) is 3.16. The fraction of sp³-hybridized carbons (Fsp3) is 0.462. The van der Waals surface area contributed by atoms with Crippen LogP contribution >= 0.6 is 0 Å². The summed E-state index contributed by atoms with van der Waals surface area (Å²) in [6.45, 7) is 0. The molecule has 110 valence electrons. The number of anilines is 1. The third-order valence-corrected chi connectivity index (χ3v) is 3.29. The van der Waals surface area contributed by atoms with Gasteiger partial charge in [-0.3, -0.25) is 0 Å². The molecular weight excluding hydrogens is 270 g/mol. The number of methoxy groups -OCH3 is 1. The van der Waals surface area contributed by atoms with E-state index in [-0.39, 0.29) is 17.5 Å². The van der Waals surface area contributed by atoms with Gasteiger partial charge in [0.2, 0.25) is 0 Å². The Kier molecular flexibility index (Phi) is 4.39. The van der Waals surface area contributed by atoms with Crippen LogP contribution in [0.3, 0.4) is 0 Å². The summed E-state index contributed by atoms with van der Waals surface area (Å²) in [5, 5.41) is 14.3. The number of carbonyl (C=O) groups excluding carboxylic acids is 1. The van der Waals surface area contributed by atoms with Gasteiger partial charge >= 0.3 is 6.03 Å². The van der Waals surface area contributed by atoms with Crippen LogP contribution in [-0.2, 0) is 0 Å². The number of hydrogen-bond acceptors (Lipinski definition) is 3. The standard InChI is InChI=1S/C13H16F2N2O3/c1-20-12-6-7(14)10(5-8(12)15)17-13(19)16-9-3-2-4-11(9)18/h5-6,9,11,18H,2-4H2,1H3,(H2,16,17,19)/t9-,11+/m0/s1. The van der Waals surface area contributed by atoms with Gasteiger partial charge in [0.05, 0.1) is 24.9 Å². The van der Waals surface area contributed by atoms with Gasteiger partial charge in [-0.1, -0.05) is 0 Å². The molecule has 0 aromatic heterocycles. The second-order valence-corrected chi connectivity index (χ2v) is 4.67. The van der Waals surface area contributed by atoms with Gasteiger partial charge in [0.25, 0.3) is 0 Å². The molecule has 2 rings (SSSR count). The molecule has 0 saturated heterocycles. The molecule has 20 heavy (non-hydrogen) atoms. The Balaban J connectivity index is 2.02. The average Bonchev–Trinajstić information content (AvgIpc) is 2.79. The number of rotatable bonds is 3. The van der Waals surface area contributed by atoms with Crippen LogP contribution in [0.2, 0.25) is 0 Å². The Morgan fingerprint density at radius 1 is 1.35 bits per heavy atom. The summed E-state index contributed by atoms with van der Waals surface area (Å²) in [7, 11) is 1.22. The first-order valence-corrected chi connectivity index (χ1v) is 6.30. The van der Waals surface area contributed by atoms with Crippen LogP contribution < -0.4 is 15.4 Å². The Morgan fingerprint density at radius 3 is 2.70 bits per heavy atom. The molecule has 2 atom stereocenters. The van der Waals surface area contributed by atoms with Crippen LogP contribution in [0.4, 0.5) is 19.3 Å². The Morgan fingerprint density at radius 2 is 2.10 bits per heavy atom. The van der Waals surface area contributed by atoms with Crippen molar-refractivity contribution in [3.05, 3.63) is 23.8 Å². The highest BCUT2D eigenvalue weighted by atomic mass is 19.1. The van der Waals surface area contributed by atoms with Gasteiger partial charge in [-0.25, -0.2) is 13.6 Å². The summed E-state index contributed by atoms with van der Waals surface area (Å²) in [5.74, 6) is -1.81. The topological polar surface area (TPSA) is 70.6 Å². The molecule has 1 saturated carbocycles. The minimum atomic E-state index is -0.801. The van der Waals surface area contributed by atoms with Gasteiger partial charge in [0, 0.05) is 12.1 Å². The number of ether oxygens (including phenoxy) is 1. The molecule has 0 heterocycles. The number of nitrogens with one attached hydrogen (secondary N) is 2. The van der Waals surface area contributed by atoms with Crippen molar-refractivity contribution in [3.8, 4) is 5.75 Å². The Bertz CT molecular complexity index is 511. The van der Waals surface area contributed by atoms with Crippen molar-refractivity contribution in [2.75, 3.05) is 12.4 Å². The van der Waals surface area contributed by atoms with Crippen LogP contribution in [0.25, 0.3) is 0 Å². The highest BCUT2D eigenvalue weighted by molar-refractivity contribution is 5.89. The molecule has 1 aliphatic rings. The van der Waals surface area contributed by atoms with Crippen molar-refractivity contribution in [2.24, 2.45) is 0 Å². The monoisotopic (exact) mass is 286 g/mol. The van der Waals surface area contributed by atoms with Crippen molar-refractivity contribution >= 4 is 11.7 Å². The van der Waals surface area contributed by atoms with E-state index in [0.717, 1.165) is 18.6 Å². The first-order chi connectivity index (χ1) is 9.51. The van der Waals surface area contributed by atoms with Gasteiger partial charge in [0.1, 0.15) is 0 Å². The predicted octanol–water partition coefficient (Wildman–Crippen LogP) is 2.01. The molecule has 1 fully saturated rings. The lowest BCUT2D eigenvalue weighted by molar-refractivity contribution is 0.151. The number of urea groups is 1. The van der Waals surface area contributed by atoms with Crippen molar-refractivity contribution in [1.82, 2.24) is 5.32 Å². The summed E-state index contributed by atoms with van der Waals surface area (Å²) in [4.78, 5) is 11.7. The number of aliphatic hydroxyl groups is 1. The fourth-order valence-corrected chi connectivity index (χ4v) is 2.22. The maximum atomic E-state index is 13.6. The molecule has 3 N–H and O–H groups in total. The van der Waals surface area contributed by atoms with Crippen LogP contribution in [0.5, 0.6) is 5.75 Å². The molecule has 1 aliphatic carbocycles. The van der Waals surface area contributed by atoms with E-state index in [4.69, 9.17) is 0 Å². The number of aliphatic hydroxyl groups excluding tert-OH is 1. The molecule has 0 spiro atoms. The fourth-order valence-electron chi connectivity index (χ4n) is 2.22. The summed E-state index contributed by atoms with van der Waals surface area (Å²) >= 11 is 0. The summed E-state index contributed by atoms with van der Waals surface area (Å²) in [6, 6.07) is 0.661. The van der Waals surface area contributed by atoms with Crippen molar-refractivity contribution < 1.29 is 23.4 Å². The van der Waals surface area contributed by atoms with Crippen molar-refractivity contribution in [1.29, 1.82) is 0 Å². The smallest absolute Gasteiger partial charge is 0.319 e. The largest absolute Gasteiger partial charge is 0.494 e. The normalized spacial score (nSPS) is 21.6. The number of amides is 2. The second-order valence-electron chi connectivity index (χ2n) is 4.67. The zero-order valence-electron chi connectivity index (χ0n) is 11.0. The molecule has 0 aliphatic heterocycles. The van der Waals surface area contributed by atoms with Gasteiger partial charge in [-0.15, -0.1) is 0 Å². The molecule has 2 amide bonds. The molecule has 7 heteroatoms. The third-order valence-electron chi connectivity index (χ3n) is 3.29. The number of hydrogen-bond donors (Lipinski definition) is 3. The lowest BCUT2D eigenvalue weighted by atomic mass is 10.2. The van der Waals surface area contributed by atoms with E-state index >= 15 is 0 Å². The van der Waals surface area contributed by atoms with Crippen LogP contribution in [0.1, 0.15) is 19.3 Å². The highest BCUT2D eigenvalue weighted by Gasteiger charge is 2.26. The lowest BCUT2D eigenvalue weighted by Crippen LogP contribution is -2.42. The van der Waals surface area contributed by atoms with E-state index in [9.17, 15) is 18.7 Å². The minimum Gasteiger partial charge on any atom is -0.494 e. The number of benzene rings is 1. The Hall–Kier alpha value is -1.89. The lowest BCUT2D eigenvalue weighted by Gasteiger charge is -2.17. The van der Waals surface area contributed by atoms with E-state index in [2.05, 4.69) is 15.4 Å². The highest BCUT2D eigenvalue weighted by Crippen LogP contribution is 2.25. The summed E-state index contributed by atoms with van der Waals surface area (Å²) < 4.78 is 31.7. The number of carbonyl (C=O) groups is 1. The predicted molar refractivity (Wildman–Crippen MR) is 68.7 cm³/mol. The SMILES string of the molecule is COc1cc(F)c(NC(=O)N[C@H]2CCC[C@H]2O)cc1F. The van der Waals surface area contributed by atoms with E-state index < -0.39 is 23.8 Å². The minimum absolute atomic E-state index is 0.236.